The van der Waals surface area contributed by atoms with Crippen LogP contribution in [0.3, 0.4) is 0 Å². The van der Waals surface area contributed by atoms with E-state index in [4.69, 9.17) is 0 Å². The standard InChI is InChI=1S/C14H20OS/c1-3-13(11-12(2)15)9-10-16-14-7-5-4-6-8-14/h4-8,13H,3,9-11H2,1-2H3. The van der Waals surface area contributed by atoms with E-state index in [2.05, 4.69) is 31.2 Å². The summed E-state index contributed by atoms with van der Waals surface area (Å²) in [7, 11) is 0. The van der Waals surface area contributed by atoms with Crippen molar-refractivity contribution in [1.82, 2.24) is 0 Å². The first-order valence-corrected chi connectivity index (χ1v) is 6.88. The number of carbonyl (C=O) groups is 1. The van der Waals surface area contributed by atoms with Crippen molar-refractivity contribution in [2.75, 3.05) is 5.75 Å². The molecule has 1 aromatic carbocycles. The fourth-order valence-corrected chi connectivity index (χ4v) is 2.75. The van der Waals surface area contributed by atoms with Crippen molar-refractivity contribution in [1.29, 1.82) is 0 Å². The van der Waals surface area contributed by atoms with Crippen LogP contribution < -0.4 is 0 Å². The first kappa shape index (κ1) is 13.3. The monoisotopic (exact) mass is 236 g/mol. The summed E-state index contributed by atoms with van der Waals surface area (Å²) in [6.45, 7) is 3.85. The smallest absolute Gasteiger partial charge is 0.130 e. The number of hydrogen-bond donors (Lipinski definition) is 0. The molecule has 2 heteroatoms. The molecule has 0 aliphatic rings. The SMILES string of the molecule is CCC(CCSc1ccccc1)CC(C)=O. The van der Waals surface area contributed by atoms with Crippen LogP contribution in [0.25, 0.3) is 0 Å². The lowest BCUT2D eigenvalue weighted by Gasteiger charge is -2.12. The normalized spacial score (nSPS) is 12.4. The second-order valence-corrected chi connectivity index (χ2v) is 5.30. The quantitative estimate of drug-likeness (QED) is 0.661. The van der Waals surface area contributed by atoms with E-state index in [0.717, 1.165) is 25.0 Å². The van der Waals surface area contributed by atoms with Gasteiger partial charge in [-0.2, -0.15) is 0 Å². The highest BCUT2D eigenvalue weighted by atomic mass is 32.2. The lowest BCUT2D eigenvalue weighted by molar-refractivity contribution is -0.117. The second-order valence-electron chi connectivity index (χ2n) is 4.13. The summed E-state index contributed by atoms with van der Waals surface area (Å²) in [4.78, 5) is 12.4. The third-order valence-electron chi connectivity index (χ3n) is 2.69. The van der Waals surface area contributed by atoms with Crippen LogP contribution in [0.4, 0.5) is 0 Å². The van der Waals surface area contributed by atoms with Crippen LogP contribution in [-0.4, -0.2) is 11.5 Å². The minimum Gasteiger partial charge on any atom is -0.300 e. The number of carbonyl (C=O) groups excluding carboxylic acids is 1. The van der Waals surface area contributed by atoms with E-state index in [-0.39, 0.29) is 0 Å². The first-order chi connectivity index (χ1) is 7.72. The molecule has 1 rings (SSSR count). The Hall–Kier alpha value is -0.760. The summed E-state index contributed by atoms with van der Waals surface area (Å²) in [5.74, 6) is 1.99. The van der Waals surface area contributed by atoms with Gasteiger partial charge >= 0.3 is 0 Å². The summed E-state index contributed by atoms with van der Waals surface area (Å²) < 4.78 is 0. The molecule has 16 heavy (non-hydrogen) atoms. The summed E-state index contributed by atoms with van der Waals surface area (Å²) in [6, 6.07) is 10.4. The minimum absolute atomic E-state index is 0.316. The van der Waals surface area contributed by atoms with Crippen molar-refractivity contribution >= 4 is 17.5 Å². The first-order valence-electron chi connectivity index (χ1n) is 5.89. The molecule has 0 aliphatic carbocycles. The van der Waals surface area contributed by atoms with Gasteiger partial charge in [-0.1, -0.05) is 31.5 Å². The summed E-state index contributed by atoms with van der Waals surface area (Å²) in [6.07, 6.45) is 2.98. The van der Waals surface area contributed by atoms with Gasteiger partial charge in [0, 0.05) is 11.3 Å². The number of benzene rings is 1. The van der Waals surface area contributed by atoms with E-state index in [9.17, 15) is 4.79 Å². The van der Waals surface area contributed by atoms with Crippen LogP contribution >= 0.6 is 11.8 Å². The van der Waals surface area contributed by atoms with Gasteiger partial charge in [-0.05, 0) is 37.1 Å². The lowest BCUT2D eigenvalue weighted by Crippen LogP contribution is -2.05. The van der Waals surface area contributed by atoms with E-state index in [1.807, 2.05) is 17.8 Å². The molecule has 1 nitrogen and oxygen atoms in total. The van der Waals surface area contributed by atoms with Crippen molar-refractivity contribution in [2.24, 2.45) is 5.92 Å². The Morgan fingerprint density at radius 2 is 2.00 bits per heavy atom. The van der Waals surface area contributed by atoms with Crippen molar-refractivity contribution < 1.29 is 4.79 Å². The molecular weight excluding hydrogens is 216 g/mol. The lowest BCUT2D eigenvalue weighted by atomic mass is 9.97. The Labute approximate surface area is 103 Å². The van der Waals surface area contributed by atoms with Gasteiger partial charge in [0.2, 0.25) is 0 Å². The molecule has 0 aromatic heterocycles. The van der Waals surface area contributed by atoms with Crippen LogP contribution in [0.5, 0.6) is 0 Å². The Balaban J connectivity index is 2.26. The molecule has 0 N–H and O–H groups in total. The third kappa shape index (κ3) is 5.36. The molecule has 0 saturated carbocycles. The van der Waals surface area contributed by atoms with Gasteiger partial charge in [0.1, 0.15) is 5.78 Å². The van der Waals surface area contributed by atoms with Gasteiger partial charge in [0.25, 0.3) is 0 Å². The zero-order valence-corrected chi connectivity index (χ0v) is 10.9. The number of rotatable bonds is 7. The highest BCUT2D eigenvalue weighted by molar-refractivity contribution is 7.99. The number of ketones is 1. The van der Waals surface area contributed by atoms with E-state index in [1.165, 1.54) is 4.90 Å². The zero-order chi connectivity index (χ0) is 11.8. The molecule has 0 spiro atoms. The number of hydrogen-bond acceptors (Lipinski definition) is 2. The topological polar surface area (TPSA) is 17.1 Å². The van der Waals surface area contributed by atoms with Crippen LogP contribution in [0, 0.1) is 5.92 Å². The molecule has 0 aliphatic heterocycles. The molecule has 1 atom stereocenters. The van der Waals surface area contributed by atoms with Crippen molar-refractivity contribution in [2.45, 2.75) is 38.0 Å². The fourth-order valence-electron chi connectivity index (χ4n) is 1.72. The molecule has 0 bridgehead atoms. The molecule has 88 valence electrons. The Morgan fingerprint density at radius 3 is 2.56 bits per heavy atom. The molecule has 0 amide bonds. The molecule has 0 radical (unpaired) electrons. The summed E-state index contributed by atoms with van der Waals surface area (Å²) in [5, 5.41) is 0. The fraction of sp³-hybridized carbons (Fsp3) is 0.500. The molecule has 1 unspecified atom stereocenters. The van der Waals surface area contributed by atoms with Crippen LogP contribution in [0.15, 0.2) is 35.2 Å². The third-order valence-corrected chi connectivity index (χ3v) is 3.74. The van der Waals surface area contributed by atoms with Crippen molar-refractivity contribution in [3.8, 4) is 0 Å². The molecule has 0 heterocycles. The maximum absolute atomic E-state index is 11.0. The molecule has 0 fully saturated rings. The Morgan fingerprint density at radius 1 is 1.31 bits per heavy atom. The van der Waals surface area contributed by atoms with E-state index < -0.39 is 0 Å². The predicted octanol–water partition coefficient (Wildman–Crippen LogP) is 4.17. The summed E-state index contributed by atoms with van der Waals surface area (Å²) in [5.41, 5.74) is 0. The molecule has 1 aromatic rings. The highest BCUT2D eigenvalue weighted by Gasteiger charge is 2.08. The highest BCUT2D eigenvalue weighted by Crippen LogP contribution is 2.22. The zero-order valence-electron chi connectivity index (χ0n) is 10.1. The number of Topliss-reactive ketones (excluding diaryl/α,β-unsaturated/α-hetero) is 1. The average molecular weight is 236 g/mol. The molecule has 0 saturated heterocycles. The van der Waals surface area contributed by atoms with E-state index >= 15 is 0 Å². The van der Waals surface area contributed by atoms with E-state index in [0.29, 0.717) is 11.7 Å². The van der Waals surface area contributed by atoms with E-state index in [1.54, 1.807) is 6.92 Å². The van der Waals surface area contributed by atoms with Crippen LogP contribution in [-0.2, 0) is 4.79 Å². The molecular formula is C14H20OS. The maximum atomic E-state index is 11.0. The van der Waals surface area contributed by atoms with Gasteiger partial charge in [-0.3, -0.25) is 0 Å². The van der Waals surface area contributed by atoms with Crippen molar-refractivity contribution in [3.05, 3.63) is 30.3 Å². The summed E-state index contributed by atoms with van der Waals surface area (Å²) >= 11 is 1.88. The predicted molar refractivity (Wildman–Crippen MR) is 70.9 cm³/mol. The van der Waals surface area contributed by atoms with Crippen LogP contribution in [0.2, 0.25) is 0 Å². The van der Waals surface area contributed by atoms with Gasteiger partial charge in [0.05, 0.1) is 0 Å². The Bertz CT molecular complexity index is 308. The Kier molecular flexibility index (Phi) is 6.24. The largest absolute Gasteiger partial charge is 0.300 e. The van der Waals surface area contributed by atoms with Gasteiger partial charge in [-0.25, -0.2) is 0 Å². The van der Waals surface area contributed by atoms with Crippen LogP contribution in [0.1, 0.15) is 33.1 Å². The number of thioether (sulfide) groups is 1. The second kappa shape index (κ2) is 7.50. The average Bonchev–Trinajstić information content (AvgIpc) is 2.28. The van der Waals surface area contributed by atoms with Gasteiger partial charge in [0.15, 0.2) is 0 Å². The van der Waals surface area contributed by atoms with Gasteiger partial charge in [-0.15, -0.1) is 11.8 Å². The van der Waals surface area contributed by atoms with Gasteiger partial charge < -0.3 is 4.79 Å². The van der Waals surface area contributed by atoms with Crippen molar-refractivity contribution in [3.63, 3.8) is 0 Å². The maximum Gasteiger partial charge on any atom is 0.130 e. The minimum atomic E-state index is 0.316.